The first-order valence-corrected chi connectivity index (χ1v) is 9.84. The molecule has 2 heterocycles. The Hall–Kier alpha value is -2.86. The van der Waals surface area contributed by atoms with Crippen LogP contribution in [0.2, 0.25) is 5.02 Å². The fourth-order valence-electron chi connectivity index (χ4n) is 3.51. The molecule has 150 valence electrons. The van der Waals surface area contributed by atoms with Gasteiger partial charge in [0.2, 0.25) is 5.89 Å². The van der Waals surface area contributed by atoms with Gasteiger partial charge in [0.05, 0.1) is 11.2 Å². The summed E-state index contributed by atoms with van der Waals surface area (Å²) in [4.78, 5) is 18.8. The van der Waals surface area contributed by atoms with Crippen LogP contribution >= 0.6 is 11.6 Å². The summed E-state index contributed by atoms with van der Waals surface area (Å²) in [6.07, 6.45) is 3.73. The summed E-state index contributed by atoms with van der Waals surface area (Å²) in [6, 6.07) is 13.2. The number of para-hydroxylation sites is 1. The highest BCUT2D eigenvalue weighted by atomic mass is 35.5. The second-order valence-electron chi connectivity index (χ2n) is 6.94. The van der Waals surface area contributed by atoms with E-state index in [0.29, 0.717) is 35.4 Å². The van der Waals surface area contributed by atoms with Crippen LogP contribution in [-0.4, -0.2) is 28.9 Å². The van der Waals surface area contributed by atoms with Crippen LogP contribution in [0.3, 0.4) is 0 Å². The van der Waals surface area contributed by atoms with Crippen LogP contribution in [0, 0.1) is 5.82 Å². The molecule has 0 radical (unpaired) electrons. The van der Waals surface area contributed by atoms with E-state index >= 15 is 0 Å². The van der Waals surface area contributed by atoms with E-state index in [1.807, 2.05) is 6.07 Å². The fourth-order valence-corrected chi connectivity index (χ4v) is 3.70. The number of ether oxygens (including phenoxy) is 1. The van der Waals surface area contributed by atoms with Gasteiger partial charge in [-0.05, 0) is 42.7 Å². The van der Waals surface area contributed by atoms with E-state index in [0.717, 1.165) is 18.4 Å². The number of oxazole rings is 1. The van der Waals surface area contributed by atoms with Gasteiger partial charge in [0.15, 0.2) is 6.61 Å². The van der Waals surface area contributed by atoms with Crippen LogP contribution in [0.15, 0.2) is 59.1 Å². The third-order valence-electron chi connectivity index (χ3n) is 4.88. The highest BCUT2D eigenvalue weighted by Crippen LogP contribution is 2.32. The minimum Gasteiger partial charge on any atom is -0.482 e. The van der Waals surface area contributed by atoms with Gasteiger partial charge in [-0.2, -0.15) is 0 Å². The van der Waals surface area contributed by atoms with Crippen molar-refractivity contribution in [3.05, 3.63) is 82.8 Å². The number of rotatable bonds is 6. The third-order valence-corrected chi connectivity index (χ3v) is 5.20. The Morgan fingerprint density at radius 2 is 2.14 bits per heavy atom. The number of hydrogen-bond acceptors (Lipinski definition) is 4. The van der Waals surface area contributed by atoms with E-state index in [9.17, 15) is 9.18 Å². The maximum Gasteiger partial charge on any atom is 0.261 e. The molecule has 7 heteroatoms. The average molecular weight is 415 g/mol. The lowest BCUT2D eigenvalue weighted by atomic mass is 10.1. The SMILES string of the molecule is O=C(COc1ccccc1Cl)N1CCCC1c1ncc(Cc2cccc(F)c2)o1. The summed E-state index contributed by atoms with van der Waals surface area (Å²) < 4.78 is 24.8. The number of carbonyl (C=O) groups excluding carboxylic acids is 1. The molecule has 1 amide bonds. The molecule has 29 heavy (non-hydrogen) atoms. The first-order valence-electron chi connectivity index (χ1n) is 9.46. The van der Waals surface area contributed by atoms with Crippen LogP contribution in [0.25, 0.3) is 0 Å². The van der Waals surface area contributed by atoms with Gasteiger partial charge in [-0.15, -0.1) is 0 Å². The molecule has 0 saturated carbocycles. The standard InChI is InChI=1S/C22H20ClFN2O3/c23-18-7-1-2-9-20(18)28-14-21(27)26-10-4-8-19(26)22-25-13-17(29-22)12-15-5-3-6-16(24)11-15/h1-3,5-7,9,11,13,19H,4,8,10,12,14H2. The Bertz CT molecular complexity index is 1010. The van der Waals surface area contributed by atoms with Crippen LogP contribution in [0.1, 0.15) is 36.1 Å². The molecule has 1 aliphatic heterocycles. The Kier molecular flexibility index (Phi) is 5.81. The zero-order valence-electron chi connectivity index (χ0n) is 15.7. The molecule has 1 unspecified atom stereocenters. The van der Waals surface area contributed by atoms with Gasteiger partial charge in [0.1, 0.15) is 23.4 Å². The second kappa shape index (κ2) is 8.66. The highest BCUT2D eigenvalue weighted by molar-refractivity contribution is 6.32. The van der Waals surface area contributed by atoms with Crippen molar-refractivity contribution in [3.63, 3.8) is 0 Å². The smallest absolute Gasteiger partial charge is 0.261 e. The summed E-state index contributed by atoms with van der Waals surface area (Å²) in [5.74, 6) is 1.19. The number of carbonyl (C=O) groups is 1. The summed E-state index contributed by atoms with van der Waals surface area (Å²) in [7, 11) is 0. The molecule has 1 atom stereocenters. The number of nitrogens with zero attached hydrogens (tertiary/aromatic N) is 2. The van der Waals surface area contributed by atoms with Crippen molar-refractivity contribution in [2.75, 3.05) is 13.2 Å². The minimum absolute atomic E-state index is 0.100. The van der Waals surface area contributed by atoms with Gasteiger partial charge < -0.3 is 14.1 Å². The number of likely N-dealkylation sites (tertiary alicyclic amines) is 1. The summed E-state index contributed by atoms with van der Waals surface area (Å²) in [5, 5.41) is 0.466. The van der Waals surface area contributed by atoms with Gasteiger partial charge in [-0.1, -0.05) is 35.9 Å². The maximum atomic E-state index is 13.4. The predicted octanol–water partition coefficient (Wildman–Crippen LogP) is 4.80. The molecular formula is C22H20ClFN2O3. The molecule has 0 bridgehead atoms. The molecule has 1 aromatic heterocycles. The maximum absolute atomic E-state index is 13.4. The number of hydrogen-bond donors (Lipinski definition) is 0. The Labute approximate surface area is 173 Å². The molecule has 0 N–H and O–H groups in total. The van der Waals surface area contributed by atoms with E-state index in [4.69, 9.17) is 20.8 Å². The number of aromatic nitrogens is 1. The largest absolute Gasteiger partial charge is 0.482 e. The molecule has 1 saturated heterocycles. The number of amides is 1. The molecule has 2 aromatic carbocycles. The molecule has 0 spiro atoms. The van der Waals surface area contributed by atoms with Crippen LogP contribution in [-0.2, 0) is 11.2 Å². The second-order valence-corrected chi connectivity index (χ2v) is 7.34. The lowest BCUT2D eigenvalue weighted by molar-refractivity contribution is -0.134. The predicted molar refractivity (Wildman–Crippen MR) is 106 cm³/mol. The molecule has 5 nitrogen and oxygen atoms in total. The monoisotopic (exact) mass is 414 g/mol. The van der Waals surface area contributed by atoms with Gasteiger partial charge in [0, 0.05) is 13.0 Å². The van der Waals surface area contributed by atoms with Crippen molar-refractivity contribution in [3.8, 4) is 5.75 Å². The topological polar surface area (TPSA) is 55.6 Å². The quantitative estimate of drug-likeness (QED) is 0.581. The van der Waals surface area contributed by atoms with Crippen molar-refractivity contribution in [1.29, 1.82) is 0 Å². The molecular weight excluding hydrogens is 395 g/mol. The highest BCUT2D eigenvalue weighted by Gasteiger charge is 2.33. The zero-order valence-corrected chi connectivity index (χ0v) is 16.4. The summed E-state index contributed by atoms with van der Waals surface area (Å²) in [5.41, 5.74) is 0.806. The Balaban J connectivity index is 1.41. The lowest BCUT2D eigenvalue weighted by Crippen LogP contribution is -2.34. The Morgan fingerprint density at radius 3 is 2.97 bits per heavy atom. The molecule has 1 fully saturated rings. The normalized spacial score (nSPS) is 16.2. The fraction of sp³-hybridized carbons (Fsp3) is 0.273. The van der Waals surface area contributed by atoms with Crippen molar-refractivity contribution in [2.24, 2.45) is 0 Å². The summed E-state index contributed by atoms with van der Waals surface area (Å²) in [6.45, 7) is 0.522. The number of benzene rings is 2. The number of halogens is 2. The minimum atomic E-state index is -0.284. The average Bonchev–Trinajstić information content (AvgIpc) is 3.36. The lowest BCUT2D eigenvalue weighted by Gasteiger charge is -2.22. The van der Waals surface area contributed by atoms with Crippen LogP contribution < -0.4 is 4.74 Å². The van der Waals surface area contributed by atoms with Crippen LogP contribution in [0.4, 0.5) is 4.39 Å². The van der Waals surface area contributed by atoms with E-state index in [1.165, 1.54) is 12.1 Å². The van der Waals surface area contributed by atoms with Gasteiger partial charge >= 0.3 is 0 Å². The van der Waals surface area contributed by atoms with Gasteiger partial charge in [-0.3, -0.25) is 4.79 Å². The first-order chi connectivity index (χ1) is 14.1. The molecule has 3 aromatic rings. The zero-order chi connectivity index (χ0) is 20.2. The van der Waals surface area contributed by atoms with E-state index in [2.05, 4.69) is 4.98 Å². The molecule has 0 aliphatic carbocycles. The molecule has 1 aliphatic rings. The molecule has 4 rings (SSSR count). The van der Waals surface area contributed by atoms with Crippen molar-refractivity contribution in [2.45, 2.75) is 25.3 Å². The van der Waals surface area contributed by atoms with E-state index < -0.39 is 0 Å². The first kappa shape index (κ1) is 19.5. The van der Waals surface area contributed by atoms with Crippen molar-refractivity contribution < 1.29 is 18.3 Å². The van der Waals surface area contributed by atoms with E-state index in [1.54, 1.807) is 41.4 Å². The van der Waals surface area contributed by atoms with Crippen molar-refractivity contribution >= 4 is 17.5 Å². The Morgan fingerprint density at radius 1 is 1.28 bits per heavy atom. The van der Waals surface area contributed by atoms with Gasteiger partial charge in [-0.25, -0.2) is 9.37 Å². The van der Waals surface area contributed by atoms with Gasteiger partial charge in [0.25, 0.3) is 5.91 Å². The van der Waals surface area contributed by atoms with E-state index in [-0.39, 0.29) is 24.4 Å². The third kappa shape index (κ3) is 4.59. The van der Waals surface area contributed by atoms with Crippen LogP contribution in [0.5, 0.6) is 5.75 Å². The van der Waals surface area contributed by atoms with Crippen molar-refractivity contribution in [1.82, 2.24) is 9.88 Å². The summed E-state index contributed by atoms with van der Waals surface area (Å²) >= 11 is 6.07.